The number of nitrogens with zero attached hydrogens (tertiary/aromatic N) is 1. The van der Waals surface area contributed by atoms with Crippen molar-refractivity contribution in [3.05, 3.63) is 47.5 Å². The molecule has 0 aliphatic heterocycles. The Kier molecular flexibility index (Phi) is 3.33. The Morgan fingerprint density at radius 2 is 1.81 bits per heavy atom. The van der Waals surface area contributed by atoms with Gasteiger partial charge in [-0.1, -0.05) is 39.0 Å². The standard InChI is InChI=1S/C17H19N3S/c1-17(2,3)11-6-4-5-7-12(11)20-13-8-9-14-16(15(13)18)19-10-21-14/h4-10,20H,18H2,1-3H3. The van der Waals surface area contributed by atoms with Gasteiger partial charge in [0.2, 0.25) is 0 Å². The normalized spacial score (nSPS) is 11.8. The number of para-hydroxylation sites is 1. The van der Waals surface area contributed by atoms with Crippen LogP contribution in [0.1, 0.15) is 26.3 Å². The molecule has 4 heteroatoms. The van der Waals surface area contributed by atoms with E-state index in [0.29, 0.717) is 5.69 Å². The van der Waals surface area contributed by atoms with Crippen LogP contribution in [0, 0.1) is 0 Å². The second kappa shape index (κ2) is 5.04. The first-order valence-electron chi connectivity index (χ1n) is 6.95. The predicted molar refractivity (Wildman–Crippen MR) is 92.5 cm³/mol. The SMILES string of the molecule is CC(C)(C)c1ccccc1Nc1ccc2scnc2c1N. The fourth-order valence-electron chi connectivity index (χ4n) is 2.45. The van der Waals surface area contributed by atoms with Crippen LogP contribution in [-0.2, 0) is 5.41 Å². The van der Waals surface area contributed by atoms with Crippen molar-refractivity contribution >= 4 is 38.6 Å². The van der Waals surface area contributed by atoms with Crippen molar-refractivity contribution in [2.75, 3.05) is 11.1 Å². The van der Waals surface area contributed by atoms with Gasteiger partial charge in [0.05, 0.1) is 21.6 Å². The maximum Gasteiger partial charge on any atom is 0.106 e. The topological polar surface area (TPSA) is 50.9 Å². The van der Waals surface area contributed by atoms with Crippen molar-refractivity contribution in [2.45, 2.75) is 26.2 Å². The van der Waals surface area contributed by atoms with Crippen LogP contribution >= 0.6 is 11.3 Å². The predicted octanol–water partition coefficient (Wildman–Crippen LogP) is 4.92. The van der Waals surface area contributed by atoms with Crippen LogP contribution in [0.2, 0.25) is 0 Å². The minimum atomic E-state index is 0.0725. The van der Waals surface area contributed by atoms with Gasteiger partial charge in [-0.2, -0.15) is 0 Å². The molecule has 0 fully saturated rings. The third kappa shape index (κ3) is 2.59. The highest BCUT2D eigenvalue weighted by Crippen LogP contribution is 2.35. The van der Waals surface area contributed by atoms with E-state index >= 15 is 0 Å². The van der Waals surface area contributed by atoms with Gasteiger partial charge in [-0.3, -0.25) is 0 Å². The number of anilines is 3. The number of fused-ring (bicyclic) bond motifs is 1. The van der Waals surface area contributed by atoms with E-state index in [2.05, 4.69) is 55.3 Å². The van der Waals surface area contributed by atoms with Gasteiger partial charge < -0.3 is 11.1 Å². The van der Waals surface area contributed by atoms with Crippen molar-refractivity contribution < 1.29 is 0 Å². The van der Waals surface area contributed by atoms with Gasteiger partial charge in [0, 0.05) is 5.69 Å². The molecule has 1 aromatic heterocycles. The lowest BCUT2D eigenvalue weighted by Gasteiger charge is -2.23. The van der Waals surface area contributed by atoms with Crippen LogP contribution in [0.5, 0.6) is 0 Å². The van der Waals surface area contributed by atoms with Crippen molar-refractivity contribution in [2.24, 2.45) is 0 Å². The maximum atomic E-state index is 6.25. The molecule has 0 aliphatic rings. The second-order valence-electron chi connectivity index (χ2n) is 6.15. The van der Waals surface area contributed by atoms with E-state index in [1.807, 2.05) is 17.6 Å². The van der Waals surface area contributed by atoms with E-state index in [1.165, 1.54) is 5.56 Å². The summed E-state index contributed by atoms with van der Waals surface area (Å²) in [6.45, 7) is 6.63. The Balaban J connectivity index is 2.05. The van der Waals surface area contributed by atoms with Crippen LogP contribution < -0.4 is 11.1 Å². The number of benzene rings is 2. The number of thiazole rings is 1. The lowest BCUT2D eigenvalue weighted by atomic mass is 9.86. The Bertz CT molecular complexity index is 784. The minimum Gasteiger partial charge on any atom is -0.395 e. The number of hydrogen-bond donors (Lipinski definition) is 2. The molecule has 3 aromatic rings. The Morgan fingerprint density at radius 1 is 1.05 bits per heavy atom. The second-order valence-corrected chi connectivity index (χ2v) is 7.03. The number of nitrogens with one attached hydrogen (secondary N) is 1. The number of hydrogen-bond acceptors (Lipinski definition) is 4. The molecule has 3 nitrogen and oxygen atoms in total. The van der Waals surface area contributed by atoms with E-state index in [9.17, 15) is 0 Å². The van der Waals surface area contributed by atoms with Crippen molar-refractivity contribution in [1.29, 1.82) is 0 Å². The molecule has 2 aromatic carbocycles. The maximum absolute atomic E-state index is 6.25. The minimum absolute atomic E-state index is 0.0725. The summed E-state index contributed by atoms with van der Waals surface area (Å²) >= 11 is 1.61. The molecule has 1 heterocycles. The van der Waals surface area contributed by atoms with Gasteiger partial charge in [-0.05, 0) is 29.2 Å². The van der Waals surface area contributed by atoms with E-state index < -0.39 is 0 Å². The molecular formula is C17H19N3S. The lowest BCUT2D eigenvalue weighted by molar-refractivity contribution is 0.592. The first kappa shape index (κ1) is 13.9. The average molecular weight is 297 g/mol. The molecule has 0 saturated heterocycles. The molecule has 0 amide bonds. The summed E-state index contributed by atoms with van der Waals surface area (Å²) in [4.78, 5) is 4.35. The summed E-state index contributed by atoms with van der Waals surface area (Å²) in [5.74, 6) is 0. The van der Waals surface area contributed by atoms with Gasteiger partial charge in [0.1, 0.15) is 5.52 Å². The zero-order chi connectivity index (χ0) is 15.0. The monoisotopic (exact) mass is 297 g/mol. The van der Waals surface area contributed by atoms with Crippen LogP contribution in [0.3, 0.4) is 0 Å². The first-order valence-corrected chi connectivity index (χ1v) is 7.83. The van der Waals surface area contributed by atoms with Crippen molar-refractivity contribution in [1.82, 2.24) is 4.98 Å². The summed E-state index contributed by atoms with van der Waals surface area (Å²) in [5, 5.41) is 3.47. The number of nitrogens with two attached hydrogens (primary N) is 1. The number of aromatic nitrogens is 1. The summed E-state index contributed by atoms with van der Waals surface area (Å²) in [7, 11) is 0. The fourth-order valence-corrected chi connectivity index (χ4v) is 3.14. The molecule has 0 unspecified atom stereocenters. The highest BCUT2D eigenvalue weighted by molar-refractivity contribution is 7.16. The third-order valence-electron chi connectivity index (χ3n) is 3.55. The Morgan fingerprint density at radius 3 is 2.57 bits per heavy atom. The molecule has 0 radical (unpaired) electrons. The van der Waals surface area contributed by atoms with Crippen LogP contribution in [0.25, 0.3) is 10.2 Å². The molecule has 3 rings (SSSR count). The molecule has 0 saturated carbocycles. The molecule has 0 bridgehead atoms. The average Bonchev–Trinajstić information content (AvgIpc) is 2.90. The summed E-state index contributed by atoms with van der Waals surface area (Å²) < 4.78 is 1.11. The van der Waals surface area contributed by atoms with Crippen molar-refractivity contribution in [3.63, 3.8) is 0 Å². The van der Waals surface area contributed by atoms with E-state index in [1.54, 1.807) is 11.3 Å². The van der Waals surface area contributed by atoms with Gasteiger partial charge in [-0.25, -0.2) is 4.98 Å². The van der Waals surface area contributed by atoms with E-state index in [4.69, 9.17) is 5.73 Å². The Hall–Kier alpha value is -2.07. The van der Waals surface area contributed by atoms with E-state index in [0.717, 1.165) is 21.6 Å². The summed E-state index contributed by atoms with van der Waals surface area (Å²) in [6.07, 6.45) is 0. The largest absolute Gasteiger partial charge is 0.395 e. The van der Waals surface area contributed by atoms with Gasteiger partial charge >= 0.3 is 0 Å². The van der Waals surface area contributed by atoms with Crippen LogP contribution in [0.4, 0.5) is 17.1 Å². The first-order chi connectivity index (χ1) is 9.97. The number of nitrogen functional groups attached to an aromatic ring is 1. The highest BCUT2D eigenvalue weighted by Gasteiger charge is 2.18. The summed E-state index contributed by atoms with van der Waals surface area (Å²) in [6, 6.07) is 12.4. The smallest absolute Gasteiger partial charge is 0.106 e. The number of rotatable bonds is 2. The Labute approximate surface area is 128 Å². The van der Waals surface area contributed by atoms with E-state index in [-0.39, 0.29) is 5.41 Å². The van der Waals surface area contributed by atoms with Crippen LogP contribution in [-0.4, -0.2) is 4.98 Å². The zero-order valence-corrected chi connectivity index (χ0v) is 13.3. The molecular weight excluding hydrogens is 278 g/mol. The quantitative estimate of drug-likeness (QED) is 0.660. The third-order valence-corrected chi connectivity index (χ3v) is 4.34. The molecule has 0 atom stereocenters. The molecule has 0 spiro atoms. The molecule has 0 aliphatic carbocycles. The van der Waals surface area contributed by atoms with Gasteiger partial charge in [0.15, 0.2) is 0 Å². The fraction of sp³-hybridized carbons (Fsp3) is 0.235. The zero-order valence-electron chi connectivity index (χ0n) is 12.5. The van der Waals surface area contributed by atoms with Gasteiger partial charge in [0.25, 0.3) is 0 Å². The van der Waals surface area contributed by atoms with Crippen LogP contribution in [0.15, 0.2) is 41.9 Å². The van der Waals surface area contributed by atoms with Gasteiger partial charge in [-0.15, -0.1) is 11.3 Å². The summed E-state index contributed by atoms with van der Waals surface area (Å²) in [5.41, 5.74) is 13.0. The lowest BCUT2D eigenvalue weighted by Crippen LogP contribution is -2.13. The molecule has 108 valence electrons. The molecule has 3 N–H and O–H groups in total. The van der Waals surface area contributed by atoms with Crippen molar-refractivity contribution in [3.8, 4) is 0 Å². The molecule has 21 heavy (non-hydrogen) atoms. The highest BCUT2D eigenvalue weighted by atomic mass is 32.1.